The van der Waals surface area contributed by atoms with Gasteiger partial charge in [0.15, 0.2) is 0 Å². The molecule has 8 unspecified atom stereocenters. The van der Waals surface area contributed by atoms with Crippen molar-refractivity contribution in [2.45, 2.75) is 59.9 Å². The van der Waals surface area contributed by atoms with Crippen molar-refractivity contribution in [3.8, 4) is 0 Å². The standard InChI is InChI=1S/C18H33N/c1-10(2)16-15-11(3)14-8-17(16,6)13(5)18(9-14,19-7)12(15)4/h10-16,19H,8-9H2,1-7H3/i3D3. The lowest BCUT2D eigenvalue weighted by atomic mass is 9.33. The minimum Gasteiger partial charge on any atom is -0.314 e. The molecule has 8 atom stereocenters. The van der Waals surface area contributed by atoms with Gasteiger partial charge in [-0.05, 0) is 66.7 Å². The Morgan fingerprint density at radius 1 is 1.26 bits per heavy atom. The molecule has 19 heavy (non-hydrogen) atoms. The minimum absolute atomic E-state index is 0.100. The van der Waals surface area contributed by atoms with Crippen LogP contribution in [0.2, 0.25) is 0 Å². The van der Waals surface area contributed by atoms with Crippen LogP contribution in [0.15, 0.2) is 0 Å². The Kier molecular flexibility index (Phi) is 2.24. The van der Waals surface area contributed by atoms with Gasteiger partial charge in [-0.2, -0.15) is 0 Å². The van der Waals surface area contributed by atoms with E-state index in [1.807, 2.05) is 0 Å². The van der Waals surface area contributed by atoms with E-state index in [-0.39, 0.29) is 16.9 Å². The molecule has 4 bridgehead atoms. The van der Waals surface area contributed by atoms with Gasteiger partial charge in [0, 0.05) is 9.65 Å². The van der Waals surface area contributed by atoms with Gasteiger partial charge in [-0.3, -0.25) is 0 Å². The molecule has 4 aliphatic carbocycles. The van der Waals surface area contributed by atoms with Crippen LogP contribution in [-0.4, -0.2) is 12.6 Å². The summed E-state index contributed by atoms with van der Waals surface area (Å²) in [5.41, 5.74) is 0.411. The molecule has 4 rings (SSSR count). The molecule has 0 saturated heterocycles. The maximum absolute atomic E-state index is 8.17. The Bertz CT molecular complexity index is 460. The Balaban J connectivity index is 2.16. The van der Waals surface area contributed by atoms with Crippen molar-refractivity contribution >= 4 is 0 Å². The molecule has 0 radical (unpaired) electrons. The van der Waals surface area contributed by atoms with Crippen LogP contribution < -0.4 is 5.32 Å². The smallest absolute Gasteiger partial charge is 0.0240 e. The predicted molar refractivity (Wildman–Crippen MR) is 81.9 cm³/mol. The average Bonchev–Trinajstić information content (AvgIpc) is 2.38. The van der Waals surface area contributed by atoms with Crippen LogP contribution in [0.3, 0.4) is 0 Å². The fourth-order valence-electron chi connectivity index (χ4n) is 6.97. The van der Waals surface area contributed by atoms with Gasteiger partial charge in [0.2, 0.25) is 0 Å². The summed E-state index contributed by atoms with van der Waals surface area (Å²) in [7, 11) is 2.10. The lowest BCUT2D eigenvalue weighted by Gasteiger charge is -2.74. The highest BCUT2D eigenvalue weighted by molar-refractivity contribution is 5.20. The Hall–Kier alpha value is -0.0400. The van der Waals surface area contributed by atoms with E-state index in [1.54, 1.807) is 0 Å². The quantitative estimate of drug-likeness (QED) is 0.790. The van der Waals surface area contributed by atoms with Crippen molar-refractivity contribution in [3.63, 3.8) is 0 Å². The molecule has 0 aromatic heterocycles. The molecule has 4 fully saturated rings. The monoisotopic (exact) mass is 266 g/mol. The highest BCUT2D eigenvalue weighted by Gasteiger charge is 2.69. The molecule has 1 heteroatoms. The van der Waals surface area contributed by atoms with Crippen molar-refractivity contribution < 1.29 is 4.11 Å². The molecule has 0 aromatic carbocycles. The highest BCUT2D eigenvalue weighted by Crippen LogP contribution is 2.71. The molecule has 4 saturated carbocycles. The first-order valence-corrected chi connectivity index (χ1v) is 8.19. The summed E-state index contributed by atoms with van der Waals surface area (Å²) in [6.07, 6.45) is 2.15. The van der Waals surface area contributed by atoms with Crippen LogP contribution in [0.25, 0.3) is 0 Å². The summed E-state index contributed by atoms with van der Waals surface area (Å²) >= 11 is 0. The summed E-state index contributed by atoms with van der Waals surface area (Å²) in [5, 5.41) is 3.68. The largest absolute Gasteiger partial charge is 0.314 e. The number of hydrogen-bond acceptors (Lipinski definition) is 1. The van der Waals surface area contributed by atoms with Crippen LogP contribution in [0.1, 0.15) is 58.4 Å². The van der Waals surface area contributed by atoms with E-state index < -0.39 is 6.85 Å². The number of hydrogen-bond donors (Lipinski definition) is 1. The van der Waals surface area contributed by atoms with Crippen LogP contribution in [-0.2, 0) is 0 Å². The summed E-state index contributed by atoms with van der Waals surface area (Å²) < 4.78 is 24.5. The van der Waals surface area contributed by atoms with Crippen molar-refractivity contribution in [1.29, 1.82) is 0 Å². The van der Waals surface area contributed by atoms with Crippen LogP contribution in [0.4, 0.5) is 0 Å². The molecule has 1 N–H and O–H groups in total. The number of rotatable bonds is 2. The summed E-state index contributed by atoms with van der Waals surface area (Å²) in [4.78, 5) is 0. The topological polar surface area (TPSA) is 12.0 Å². The predicted octanol–water partition coefficient (Wildman–Crippen LogP) is 4.18. The Morgan fingerprint density at radius 3 is 2.47 bits per heavy atom. The second-order valence-electron chi connectivity index (χ2n) is 8.35. The summed E-state index contributed by atoms with van der Waals surface area (Å²) in [6, 6.07) is 0. The third kappa shape index (κ3) is 1.41. The van der Waals surface area contributed by atoms with E-state index in [4.69, 9.17) is 4.11 Å². The van der Waals surface area contributed by atoms with Gasteiger partial charge >= 0.3 is 0 Å². The molecule has 0 aromatic rings. The van der Waals surface area contributed by atoms with Gasteiger partial charge in [0.25, 0.3) is 0 Å². The summed E-state index contributed by atoms with van der Waals surface area (Å²) in [5.74, 6) is 2.72. The molecule has 0 heterocycles. The second kappa shape index (κ2) is 4.00. The fraction of sp³-hybridized carbons (Fsp3) is 1.00. The number of nitrogens with one attached hydrogen (secondary N) is 1. The normalized spacial score (nSPS) is 63.0. The lowest BCUT2D eigenvalue weighted by Crippen LogP contribution is -2.75. The van der Waals surface area contributed by atoms with Crippen LogP contribution >= 0.6 is 0 Å². The van der Waals surface area contributed by atoms with Gasteiger partial charge in [-0.15, -0.1) is 0 Å². The van der Waals surface area contributed by atoms with Gasteiger partial charge in [0.1, 0.15) is 0 Å². The maximum Gasteiger partial charge on any atom is 0.0240 e. The Morgan fingerprint density at radius 2 is 1.95 bits per heavy atom. The van der Waals surface area contributed by atoms with Crippen LogP contribution in [0, 0.1) is 46.8 Å². The van der Waals surface area contributed by atoms with Crippen molar-refractivity contribution in [3.05, 3.63) is 0 Å². The molecule has 110 valence electrons. The first kappa shape index (κ1) is 10.7. The molecule has 0 aliphatic heterocycles. The van der Waals surface area contributed by atoms with Crippen molar-refractivity contribution in [1.82, 2.24) is 5.32 Å². The third-order valence-electron chi connectivity index (χ3n) is 7.74. The summed E-state index contributed by atoms with van der Waals surface area (Å²) in [6.45, 7) is 10.0. The average molecular weight is 266 g/mol. The van der Waals surface area contributed by atoms with Crippen molar-refractivity contribution in [2.24, 2.45) is 46.8 Å². The van der Waals surface area contributed by atoms with E-state index in [0.717, 1.165) is 12.8 Å². The third-order valence-corrected chi connectivity index (χ3v) is 7.74. The zero-order valence-electron chi connectivity index (χ0n) is 16.5. The van der Waals surface area contributed by atoms with Gasteiger partial charge in [-0.25, -0.2) is 0 Å². The molecule has 1 nitrogen and oxygen atoms in total. The lowest BCUT2D eigenvalue weighted by molar-refractivity contribution is -0.230. The van der Waals surface area contributed by atoms with Crippen molar-refractivity contribution in [2.75, 3.05) is 7.05 Å². The van der Waals surface area contributed by atoms with E-state index in [9.17, 15) is 0 Å². The van der Waals surface area contributed by atoms with Gasteiger partial charge in [-0.1, -0.05) is 41.5 Å². The zero-order valence-corrected chi connectivity index (χ0v) is 13.5. The van der Waals surface area contributed by atoms with E-state index in [1.165, 1.54) is 0 Å². The van der Waals surface area contributed by atoms with E-state index in [2.05, 4.69) is 47.0 Å². The highest BCUT2D eigenvalue weighted by atomic mass is 15.0. The van der Waals surface area contributed by atoms with Crippen LogP contribution in [0.5, 0.6) is 0 Å². The van der Waals surface area contributed by atoms with E-state index >= 15 is 0 Å². The molecule has 0 spiro atoms. The molecular formula is C18H33N. The Labute approximate surface area is 124 Å². The maximum atomic E-state index is 8.17. The first-order chi connectivity index (χ1) is 10.0. The van der Waals surface area contributed by atoms with Gasteiger partial charge < -0.3 is 5.32 Å². The van der Waals surface area contributed by atoms with E-state index in [0.29, 0.717) is 35.5 Å². The fourth-order valence-corrected chi connectivity index (χ4v) is 6.97. The second-order valence-corrected chi connectivity index (χ2v) is 8.35. The minimum atomic E-state index is -1.81. The molecular weight excluding hydrogens is 230 g/mol. The molecule has 4 aliphatic rings. The SMILES string of the molecule is [2H]C([2H])([2H])C1C2CC3(C)C(C(C)C)C1C(C)C(NC)(C2)C3C. The van der Waals surface area contributed by atoms with Gasteiger partial charge in [0.05, 0.1) is 0 Å². The zero-order chi connectivity index (χ0) is 16.7. The molecule has 0 amide bonds. The first-order valence-electron chi connectivity index (χ1n) is 9.69.